The fraction of sp³-hybridized carbons (Fsp3) is 0.435. The topological polar surface area (TPSA) is 104 Å². The minimum atomic E-state index is -4.02. The molecule has 184 valence electrons. The van der Waals surface area contributed by atoms with Crippen LogP contribution < -0.4 is 5.32 Å². The molecule has 0 heterocycles. The quantitative estimate of drug-likeness (QED) is 0.518. The highest BCUT2D eigenvalue weighted by Gasteiger charge is 2.57. The molecule has 2 aromatic rings. The molecule has 1 amide bonds. The van der Waals surface area contributed by atoms with Crippen LogP contribution in [0, 0.1) is 29.3 Å². The summed E-state index contributed by atoms with van der Waals surface area (Å²) in [4.78, 5) is 12.3. The van der Waals surface area contributed by atoms with E-state index in [9.17, 15) is 36.6 Å². The van der Waals surface area contributed by atoms with Crippen LogP contribution in [0.3, 0.4) is 0 Å². The van der Waals surface area contributed by atoms with Gasteiger partial charge in [-0.15, -0.1) is 0 Å². The highest BCUT2D eigenvalue weighted by atomic mass is 35.5. The Morgan fingerprint density at radius 3 is 2.21 bits per heavy atom. The predicted molar refractivity (Wildman–Crippen MR) is 119 cm³/mol. The normalized spacial score (nSPS) is 27.4. The number of anilines is 1. The van der Waals surface area contributed by atoms with Crippen LogP contribution in [-0.2, 0) is 9.84 Å². The number of halogens is 4. The van der Waals surface area contributed by atoms with E-state index < -0.39 is 50.2 Å². The average Bonchev–Trinajstić information content (AvgIpc) is 2.94. The van der Waals surface area contributed by atoms with Gasteiger partial charge in [0.15, 0.2) is 27.3 Å². The van der Waals surface area contributed by atoms with E-state index in [0.29, 0.717) is 25.0 Å². The lowest BCUT2D eigenvalue weighted by molar-refractivity contribution is -0.134. The van der Waals surface area contributed by atoms with Crippen LogP contribution >= 0.6 is 11.6 Å². The number of hydrogen-bond acceptors (Lipinski definition) is 5. The summed E-state index contributed by atoms with van der Waals surface area (Å²) in [6, 6.07) is 4.78. The van der Waals surface area contributed by atoms with E-state index in [0.717, 1.165) is 6.07 Å². The van der Waals surface area contributed by atoms with Crippen molar-refractivity contribution in [2.45, 2.75) is 54.5 Å². The van der Waals surface area contributed by atoms with E-state index in [4.69, 9.17) is 11.6 Å². The van der Waals surface area contributed by atoms with Crippen LogP contribution in [0.15, 0.2) is 35.2 Å². The van der Waals surface area contributed by atoms with E-state index in [1.807, 2.05) is 0 Å². The molecule has 0 saturated heterocycles. The highest BCUT2D eigenvalue weighted by Crippen LogP contribution is 2.53. The predicted octanol–water partition coefficient (Wildman–Crippen LogP) is 4.08. The Morgan fingerprint density at radius 2 is 1.68 bits per heavy atom. The summed E-state index contributed by atoms with van der Waals surface area (Å²) in [7, 11) is -4.02. The van der Waals surface area contributed by atoms with Gasteiger partial charge in [-0.3, -0.25) is 4.79 Å². The zero-order valence-corrected chi connectivity index (χ0v) is 19.6. The fourth-order valence-corrected chi connectivity index (χ4v) is 7.75. The Morgan fingerprint density at radius 1 is 1.12 bits per heavy atom. The van der Waals surface area contributed by atoms with Crippen LogP contribution in [0.2, 0.25) is 5.02 Å². The molecule has 2 aliphatic carbocycles. The van der Waals surface area contributed by atoms with Crippen LogP contribution in [0.5, 0.6) is 0 Å². The molecule has 0 aromatic heterocycles. The minimum absolute atomic E-state index is 0.0980. The first kappa shape index (κ1) is 25.0. The molecule has 2 unspecified atom stereocenters. The first-order chi connectivity index (χ1) is 15.9. The Bertz CT molecular complexity index is 1220. The van der Waals surface area contributed by atoms with Crippen molar-refractivity contribution in [1.29, 1.82) is 0 Å². The molecule has 2 bridgehead atoms. The molecule has 11 heteroatoms. The van der Waals surface area contributed by atoms with Gasteiger partial charge in [-0.1, -0.05) is 11.6 Å². The van der Waals surface area contributed by atoms with Crippen molar-refractivity contribution in [2.24, 2.45) is 11.8 Å². The summed E-state index contributed by atoms with van der Waals surface area (Å²) in [5.74, 6) is -6.30. The molecule has 2 aromatic carbocycles. The van der Waals surface area contributed by atoms with Crippen molar-refractivity contribution in [3.63, 3.8) is 0 Å². The number of sulfone groups is 1. The molecular weight excluding hydrogens is 495 g/mol. The average molecular weight is 518 g/mol. The number of amides is 1. The molecule has 5 atom stereocenters. The lowest BCUT2D eigenvalue weighted by atomic mass is 9.71. The van der Waals surface area contributed by atoms with Crippen LogP contribution in [0.25, 0.3) is 0 Å². The van der Waals surface area contributed by atoms with Gasteiger partial charge in [0.1, 0.15) is 0 Å². The Balaban J connectivity index is 1.60. The third kappa shape index (κ3) is 4.10. The molecule has 0 aliphatic heterocycles. The summed E-state index contributed by atoms with van der Waals surface area (Å²) in [5.41, 5.74) is -1.81. The van der Waals surface area contributed by atoms with Crippen molar-refractivity contribution >= 4 is 33.0 Å². The van der Waals surface area contributed by atoms with Crippen LogP contribution in [-0.4, -0.2) is 41.5 Å². The maximum atomic E-state index is 13.5. The highest BCUT2D eigenvalue weighted by molar-refractivity contribution is 7.92. The number of carbonyl (C=O) groups is 1. The minimum Gasteiger partial charge on any atom is -0.390 e. The van der Waals surface area contributed by atoms with Gasteiger partial charge in [0.05, 0.1) is 26.9 Å². The third-order valence-electron chi connectivity index (χ3n) is 7.12. The number of hydrogen-bond donors (Lipinski definition) is 3. The van der Waals surface area contributed by atoms with Crippen molar-refractivity contribution in [2.75, 3.05) is 5.32 Å². The van der Waals surface area contributed by atoms with Gasteiger partial charge >= 0.3 is 0 Å². The number of aliphatic hydroxyl groups is 2. The molecule has 2 aliphatic rings. The summed E-state index contributed by atoms with van der Waals surface area (Å²) in [5, 5.41) is 22.3. The molecule has 2 fully saturated rings. The second kappa shape index (κ2) is 8.82. The first-order valence-electron chi connectivity index (χ1n) is 10.8. The van der Waals surface area contributed by atoms with Crippen molar-refractivity contribution < 1.29 is 36.6 Å². The molecule has 6 nitrogen and oxygen atoms in total. The SMILES string of the molecule is CC(O)[C@@]1(O)C2CC[C@H]1C[C@H](S(=O)(=O)c1cc(C(=O)Nc3cc(F)c(F)c(F)c3)ccc1Cl)C2. The monoisotopic (exact) mass is 517 g/mol. The van der Waals surface area contributed by atoms with E-state index in [2.05, 4.69) is 5.32 Å². The largest absolute Gasteiger partial charge is 0.390 e. The second-order valence-corrected chi connectivity index (χ2v) is 11.6. The maximum absolute atomic E-state index is 13.5. The van der Waals surface area contributed by atoms with E-state index in [-0.39, 0.29) is 45.8 Å². The van der Waals surface area contributed by atoms with Gasteiger partial charge in [0, 0.05) is 23.4 Å². The number of carbonyl (C=O) groups excluding carboxylic acids is 1. The fourth-order valence-electron chi connectivity index (χ4n) is 5.35. The Labute approximate surface area is 199 Å². The third-order valence-corrected chi connectivity index (χ3v) is 9.77. The van der Waals surface area contributed by atoms with E-state index in [1.54, 1.807) is 0 Å². The number of rotatable bonds is 5. The summed E-state index contributed by atoms with van der Waals surface area (Å²) >= 11 is 6.18. The molecule has 3 N–H and O–H groups in total. The van der Waals surface area contributed by atoms with Crippen LogP contribution in [0.4, 0.5) is 18.9 Å². The zero-order chi connectivity index (χ0) is 25.0. The lowest BCUT2D eigenvalue weighted by Crippen LogP contribution is -2.54. The van der Waals surface area contributed by atoms with E-state index >= 15 is 0 Å². The number of aliphatic hydroxyl groups excluding tert-OH is 1. The Kier molecular flexibility index (Phi) is 6.48. The van der Waals surface area contributed by atoms with Gasteiger partial charge in [0.25, 0.3) is 5.91 Å². The first-order valence-corrected chi connectivity index (χ1v) is 12.7. The summed E-state index contributed by atoms with van der Waals surface area (Å²) < 4.78 is 67.0. The lowest BCUT2D eigenvalue weighted by Gasteiger charge is -2.44. The molecule has 2 saturated carbocycles. The molecule has 0 spiro atoms. The number of fused-ring (bicyclic) bond motifs is 2. The number of nitrogens with one attached hydrogen (secondary N) is 1. The van der Waals surface area contributed by atoms with E-state index in [1.165, 1.54) is 19.1 Å². The van der Waals surface area contributed by atoms with Gasteiger partial charge in [0.2, 0.25) is 0 Å². The second-order valence-electron chi connectivity index (χ2n) is 9.03. The van der Waals surface area contributed by atoms with Crippen LogP contribution in [0.1, 0.15) is 43.0 Å². The van der Waals surface area contributed by atoms with Gasteiger partial charge in [-0.2, -0.15) is 0 Å². The molecule has 0 radical (unpaired) electrons. The molecule has 34 heavy (non-hydrogen) atoms. The van der Waals surface area contributed by atoms with Gasteiger partial charge in [-0.05, 0) is 62.6 Å². The summed E-state index contributed by atoms with van der Waals surface area (Å²) in [6.07, 6.45) is 0.478. The Hall–Kier alpha value is -2.14. The maximum Gasteiger partial charge on any atom is 0.255 e. The van der Waals surface area contributed by atoms with Crippen molar-refractivity contribution in [3.8, 4) is 0 Å². The van der Waals surface area contributed by atoms with Crippen molar-refractivity contribution in [3.05, 3.63) is 58.4 Å². The standard InChI is InChI=1S/C23H23ClF3NO5S/c1-11(29)23(31)13-3-4-14(23)8-16(7-13)34(32,33)20-6-12(2-5-17(20)24)22(30)28-15-9-18(25)21(27)19(26)10-15/h2,5-6,9-11,13-14,16,29,31H,3-4,7-8H2,1H3,(H,28,30)/t11?,13-,14?,16-,23-/m0/s1. The number of benzene rings is 2. The van der Waals surface area contributed by atoms with Gasteiger partial charge < -0.3 is 15.5 Å². The molecular formula is C23H23ClF3NO5S. The molecule has 4 rings (SSSR count). The zero-order valence-electron chi connectivity index (χ0n) is 18.1. The smallest absolute Gasteiger partial charge is 0.255 e. The summed E-state index contributed by atoms with van der Waals surface area (Å²) in [6.45, 7) is 1.50. The van der Waals surface area contributed by atoms with Crippen molar-refractivity contribution in [1.82, 2.24) is 0 Å². The van der Waals surface area contributed by atoms with Gasteiger partial charge in [-0.25, -0.2) is 21.6 Å².